The summed E-state index contributed by atoms with van der Waals surface area (Å²) in [6, 6.07) is 10.6. The lowest BCUT2D eigenvalue weighted by Gasteiger charge is -2.08. The molecule has 1 aliphatic heterocycles. The molecule has 2 aromatic heterocycles. The Bertz CT molecular complexity index is 979. The van der Waals surface area contributed by atoms with Crippen LogP contribution < -0.4 is 10.9 Å². The van der Waals surface area contributed by atoms with Gasteiger partial charge in [-0.1, -0.05) is 6.07 Å². The summed E-state index contributed by atoms with van der Waals surface area (Å²) in [5.41, 5.74) is 1.85. The second kappa shape index (κ2) is 5.88. The second-order valence-electron chi connectivity index (χ2n) is 5.82. The Balaban J connectivity index is 1.62. The Hall–Kier alpha value is -3.02. The minimum absolute atomic E-state index is 0.0204. The summed E-state index contributed by atoms with van der Waals surface area (Å²) in [7, 11) is 0. The van der Waals surface area contributed by atoms with Gasteiger partial charge in [0.25, 0.3) is 11.5 Å². The second-order valence-corrected chi connectivity index (χ2v) is 5.82. The first-order valence-electron chi connectivity index (χ1n) is 7.94. The summed E-state index contributed by atoms with van der Waals surface area (Å²) in [6.07, 6.45) is 3.44. The van der Waals surface area contributed by atoms with E-state index in [2.05, 4.69) is 15.3 Å². The molecule has 24 heavy (non-hydrogen) atoms. The Labute approximate surface area is 138 Å². The zero-order valence-electron chi connectivity index (χ0n) is 13.0. The molecule has 0 atom stereocenters. The lowest BCUT2D eigenvalue weighted by molar-refractivity contribution is 0.0950. The molecular formula is C18H16N4O2. The molecule has 3 aromatic rings. The van der Waals surface area contributed by atoms with Crippen LogP contribution in [0.1, 0.15) is 28.3 Å². The number of carbonyl (C=O) groups excluding carboxylic acids is 1. The highest BCUT2D eigenvalue weighted by Crippen LogP contribution is 2.16. The summed E-state index contributed by atoms with van der Waals surface area (Å²) >= 11 is 0. The molecule has 0 radical (unpaired) electrons. The van der Waals surface area contributed by atoms with Gasteiger partial charge < -0.3 is 5.32 Å². The lowest BCUT2D eigenvalue weighted by Crippen LogP contribution is -2.24. The lowest BCUT2D eigenvalue weighted by atomic mass is 10.1. The standard InChI is InChI=1S/C18H16N4O2/c23-17(20-11-13-4-1-2-8-19-13)12-6-7-14-15(10-12)21-16-5-3-9-22(16)18(14)24/h1-2,4,6-8,10H,3,5,9,11H2,(H,20,23). The summed E-state index contributed by atoms with van der Waals surface area (Å²) in [5.74, 6) is 0.600. The van der Waals surface area contributed by atoms with Gasteiger partial charge in [0.05, 0.1) is 23.1 Å². The van der Waals surface area contributed by atoms with E-state index < -0.39 is 0 Å². The molecule has 0 unspecified atom stereocenters. The number of rotatable bonds is 3. The topological polar surface area (TPSA) is 76.9 Å². The van der Waals surface area contributed by atoms with Crippen LogP contribution in [0.25, 0.3) is 10.9 Å². The van der Waals surface area contributed by atoms with Gasteiger partial charge in [-0.3, -0.25) is 19.1 Å². The molecule has 0 bridgehead atoms. The number of fused-ring (bicyclic) bond motifs is 2. The van der Waals surface area contributed by atoms with Crippen molar-refractivity contribution in [2.24, 2.45) is 0 Å². The smallest absolute Gasteiger partial charge is 0.261 e. The number of aromatic nitrogens is 3. The van der Waals surface area contributed by atoms with Gasteiger partial charge in [0.2, 0.25) is 0 Å². The molecule has 0 spiro atoms. The monoisotopic (exact) mass is 320 g/mol. The zero-order chi connectivity index (χ0) is 16.5. The van der Waals surface area contributed by atoms with Crippen molar-refractivity contribution in [2.45, 2.75) is 25.9 Å². The van der Waals surface area contributed by atoms with Crippen molar-refractivity contribution in [3.8, 4) is 0 Å². The van der Waals surface area contributed by atoms with Crippen LogP contribution in [-0.4, -0.2) is 20.4 Å². The largest absolute Gasteiger partial charge is 0.346 e. The van der Waals surface area contributed by atoms with Crippen LogP contribution >= 0.6 is 0 Å². The Morgan fingerprint density at radius 3 is 3.00 bits per heavy atom. The molecule has 1 N–H and O–H groups in total. The first-order chi connectivity index (χ1) is 11.7. The normalized spacial score (nSPS) is 13.0. The number of aryl methyl sites for hydroxylation is 1. The zero-order valence-corrected chi connectivity index (χ0v) is 13.0. The number of nitrogens with zero attached hydrogens (tertiary/aromatic N) is 3. The molecule has 1 aliphatic rings. The molecule has 6 nitrogen and oxygen atoms in total. The molecule has 0 fully saturated rings. The molecule has 3 heterocycles. The number of nitrogens with one attached hydrogen (secondary N) is 1. The first kappa shape index (κ1) is 14.6. The van der Waals surface area contributed by atoms with Gasteiger partial charge in [-0.15, -0.1) is 0 Å². The summed E-state index contributed by atoms with van der Waals surface area (Å²) in [6.45, 7) is 1.08. The third-order valence-electron chi connectivity index (χ3n) is 4.23. The molecular weight excluding hydrogens is 304 g/mol. The summed E-state index contributed by atoms with van der Waals surface area (Å²) < 4.78 is 1.73. The third-order valence-corrected chi connectivity index (χ3v) is 4.23. The van der Waals surface area contributed by atoms with Gasteiger partial charge >= 0.3 is 0 Å². The van der Waals surface area contributed by atoms with Crippen molar-refractivity contribution < 1.29 is 4.79 Å². The highest BCUT2D eigenvalue weighted by Gasteiger charge is 2.17. The maximum atomic E-state index is 12.4. The van der Waals surface area contributed by atoms with Crippen molar-refractivity contribution in [2.75, 3.05) is 0 Å². The number of pyridine rings is 1. The van der Waals surface area contributed by atoms with Gasteiger partial charge in [-0.05, 0) is 36.8 Å². The highest BCUT2D eigenvalue weighted by molar-refractivity contribution is 5.97. The molecule has 120 valence electrons. The average molecular weight is 320 g/mol. The van der Waals surface area contributed by atoms with E-state index in [4.69, 9.17) is 0 Å². The SMILES string of the molecule is O=C(NCc1ccccn1)c1ccc2c(=O)n3c(nc2c1)CCC3. The maximum absolute atomic E-state index is 12.4. The van der Waals surface area contributed by atoms with E-state index in [1.54, 1.807) is 29.0 Å². The molecule has 6 heteroatoms. The maximum Gasteiger partial charge on any atom is 0.261 e. The van der Waals surface area contributed by atoms with Crippen LogP contribution in [0.2, 0.25) is 0 Å². The minimum Gasteiger partial charge on any atom is -0.346 e. The van der Waals surface area contributed by atoms with Crippen molar-refractivity contribution in [3.63, 3.8) is 0 Å². The third kappa shape index (κ3) is 2.56. The molecule has 0 saturated carbocycles. The predicted octanol–water partition coefficient (Wildman–Crippen LogP) is 1.67. The molecule has 1 aromatic carbocycles. The van der Waals surface area contributed by atoms with Gasteiger partial charge in [-0.25, -0.2) is 4.98 Å². The van der Waals surface area contributed by atoms with Gasteiger partial charge in [-0.2, -0.15) is 0 Å². The summed E-state index contributed by atoms with van der Waals surface area (Å²) in [5, 5.41) is 3.39. The van der Waals surface area contributed by atoms with Crippen molar-refractivity contribution in [1.82, 2.24) is 19.9 Å². The number of benzene rings is 1. The van der Waals surface area contributed by atoms with Crippen molar-refractivity contribution in [1.29, 1.82) is 0 Å². The van der Waals surface area contributed by atoms with Crippen molar-refractivity contribution >= 4 is 16.8 Å². The number of amides is 1. The van der Waals surface area contributed by atoms with Crippen LogP contribution in [0.5, 0.6) is 0 Å². The van der Waals surface area contributed by atoms with Crippen LogP contribution in [0.3, 0.4) is 0 Å². The van der Waals surface area contributed by atoms with Gasteiger partial charge in [0.1, 0.15) is 5.82 Å². The fourth-order valence-corrected chi connectivity index (χ4v) is 3.00. The number of hydrogen-bond donors (Lipinski definition) is 1. The van der Waals surface area contributed by atoms with E-state index in [1.807, 2.05) is 18.2 Å². The van der Waals surface area contributed by atoms with Gasteiger partial charge in [0.15, 0.2) is 0 Å². The molecule has 4 rings (SSSR count). The first-order valence-corrected chi connectivity index (χ1v) is 7.94. The quantitative estimate of drug-likeness (QED) is 0.796. The van der Waals surface area contributed by atoms with E-state index in [0.717, 1.165) is 30.9 Å². The van der Waals surface area contributed by atoms with E-state index in [-0.39, 0.29) is 11.5 Å². The van der Waals surface area contributed by atoms with E-state index >= 15 is 0 Å². The fraction of sp³-hybridized carbons (Fsp3) is 0.222. The van der Waals surface area contributed by atoms with Crippen LogP contribution in [0.15, 0.2) is 47.4 Å². The molecule has 0 saturated heterocycles. The van der Waals surface area contributed by atoms with Gasteiger partial charge in [0, 0.05) is 24.7 Å². The summed E-state index contributed by atoms with van der Waals surface area (Å²) in [4.78, 5) is 33.5. The predicted molar refractivity (Wildman–Crippen MR) is 89.7 cm³/mol. The van der Waals surface area contributed by atoms with Crippen LogP contribution in [-0.2, 0) is 19.5 Å². The minimum atomic E-state index is -0.204. The van der Waals surface area contributed by atoms with E-state index in [9.17, 15) is 9.59 Å². The highest BCUT2D eigenvalue weighted by atomic mass is 16.1. The van der Waals surface area contributed by atoms with E-state index in [1.165, 1.54) is 0 Å². The van der Waals surface area contributed by atoms with E-state index in [0.29, 0.717) is 23.0 Å². The molecule has 0 aliphatic carbocycles. The Morgan fingerprint density at radius 2 is 2.17 bits per heavy atom. The number of carbonyl (C=O) groups is 1. The Kier molecular flexibility index (Phi) is 3.57. The molecule has 1 amide bonds. The number of hydrogen-bond acceptors (Lipinski definition) is 4. The Morgan fingerprint density at radius 1 is 1.25 bits per heavy atom. The van der Waals surface area contributed by atoms with Crippen molar-refractivity contribution in [3.05, 3.63) is 70.0 Å². The fourth-order valence-electron chi connectivity index (χ4n) is 3.00. The van der Waals surface area contributed by atoms with Crippen LogP contribution in [0, 0.1) is 0 Å². The average Bonchev–Trinajstić information content (AvgIpc) is 3.09. The van der Waals surface area contributed by atoms with Crippen LogP contribution in [0.4, 0.5) is 0 Å².